The Morgan fingerprint density at radius 2 is 1.47 bits per heavy atom. The molecule has 2 N–H and O–H groups in total. The lowest BCUT2D eigenvalue weighted by Gasteiger charge is -2.29. The Morgan fingerprint density at radius 3 is 2.12 bits per heavy atom. The third-order valence-corrected chi connectivity index (χ3v) is 9.17. The van der Waals surface area contributed by atoms with E-state index in [-0.39, 0.29) is 0 Å². The van der Waals surface area contributed by atoms with E-state index in [1.165, 1.54) is 0 Å². The van der Waals surface area contributed by atoms with E-state index in [0.29, 0.717) is 47.4 Å². The van der Waals surface area contributed by atoms with Crippen molar-refractivity contribution in [1.82, 2.24) is 19.5 Å². The molecule has 11 nitrogen and oxygen atoms in total. The van der Waals surface area contributed by atoms with E-state index in [9.17, 15) is 8.42 Å². The van der Waals surface area contributed by atoms with E-state index in [2.05, 4.69) is 62.8 Å². The molecule has 0 aliphatic carbocycles. The molecule has 1 fully saturated rings. The Balaban J connectivity index is 1.32. The molecule has 0 amide bonds. The van der Waals surface area contributed by atoms with Gasteiger partial charge in [-0.2, -0.15) is 9.97 Å². The van der Waals surface area contributed by atoms with Crippen molar-refractivity contribution in [3.05, 3.63) is 139 Å². The van der Waals surface area contributed by atoms with Gasteiger partial charge in [0, 0.05) is 43.0 Å². The van der Waals surface area contributed by atoms with Gasteiger partial charge in [-0.1, -0.05) is 73.3 Å². The first kappa shape index (κ1) is 31.9. The number of hydrogen-bond donors (Lipinski definition) is 2. The summed E-state index contributed by atoms with van der Waals surface area (Å²) in [7, 11) is -3.69. The Kier molecular flexibility index (Phi) is 9.22. The summed E-state index contributed by atoms with van der Waals surface area (Å²) in [6.07, 6.45) is 1.69. The van der Waals surface area contributed by atoms with Crippen molar-refractivity contribution < 1.29 is 13.2 Å². The summed E-state index contributed by atoms with van der Waals surface area (Å²) in [5, 5.41) is 4.31. The van der Waals surface area contributed by atoms with Crippen LogP contribution in [0, 0.1) is 0 Å². The Hall–Kier alpha value is -5.72. The lowest BCUT2D eigenvalue weighted by molar-refractivity contribution is 0.122. The molecule has 0 bridgehead atoms. The molecule has 49 heavy (non-hydrogen) atoms. The second kappa shape index (κ2) is 14.2. The Bertz CT molecular complexity index is 2110. The standard InChI is InChI=1S/C37H36N8O3S/c1-2-49(46,47)42-31-14-9-15-33(24-31)45-27-38-34-35(44(25-28-10-5-3-6-11-28)26-29-12-7-4-8-13-29)40-37(41-36(34)45)39-30-16-18-32(19-17-30)43-20-22-48-23-21-43/h2-19,24,27,42H,1,20-23,25-26H2,(H,39,40,41). The Morgan fingerprint density at radius 1 is 0.796 bits per heavy atom. The number of benzene rings is 4. The van der Waals surface area contributed by atoms with Gasteiger partial charge < -0.3 is 19.9 Å². The van der Waals surface area contributed by atoms with Gasteiger partial charge in [-0.3, -0.25) is 9.29 Å². The van der Waals surface area contributed by atoms with Crippen molar-refractivity contribution in [3.8, 4) is 5.69 Å². The predicted molar refractivity (Wildman–Crippen MR) is 195 cm³/mol. The van der Waals surface area contributed by atoms with E-state index in [1.807, 2.05) is 59.2 Å². The van der Waals surface area contributed by atoms with Gasteiger partial charge in [-0.15, -0.1) is 0 Å². The highest BCUT2D eigenvalue weighted by atomic mass is 32.2. The van der Waals surface area contributed by atoms with Crippen molar-refractivity contribution in [3.63, 3.8) is 0 Å². The molecule has 0 spiro atoms. The predicted octanol–water partition coefficient (Wildman–Crippen LogP) is 6.49. The number of aromatic nitrogens is 4. The minimum Gasteiger partial charge on any atom is -0.378 e. The van der Waals surface area contributed by atoms with Crippen LogP contribution in [0.4, 0.5) is 28.8 Å². The molecule has 7 rings (SSSR count). The first-order valence-corrected chi connectivity index (χ1v) is 17.5. The molecule has 0 unspecified atom stereocenters. The number of rotatable bonds is 12. The van der Waals surface area contributed by atoms with Gasteiger partial charge in [-0.25, -0.2) is 13.4 Å². The van der Waals surface area contributed by atoms with Crippen LogP contribution in [-0.2, 0) is 27.8 Å². The number of fused-ring (bicyclic) bond motifs is 1. The summed E-state index contributed by atoms with van der Waals surface area (Å²) in [6.45, 7) is 7.72. The second-order valence-corrected chi connectivity index (χ2v) is 13.2. The van der Waals surface area contributed by atoms with Gasteiger partial charge in [0.05, 0.1) is 24.6 Å². The van der Waals surface area contributed by atoms with Gasteiger partial charge >= 0.3 is 0 Å². The lowest BCUT2D eigenvalue weighted by Crippen LogP contribution is -2.36. The zero-order valence-corrected chi connectivity index (χ0v) is 27.6. The van der Waals surface area contributed by atoms with Crippen LogP contribution in [0.1, 0.15) is 11.1 Å². The maximum absolute atomic E-state index is 12.2. The van der Waals surface area contributed by atoms with E-state index >= 15 is 0 Å². The minimum atomic E-state index is -3.69. The largest absolute Gasteiger partial charge is 0.378 e. The highest BCUT2D eigenvalue weighted by Gasteiger charge is 2.21. The summed E-state index contributed by atoms with van der Waals surface area (Å²) >= 11 is 0. The highest BCUT2D eigenvalue weighted by molar-refractivity contribution is 7.95. The zero-order chi connectivity index (χ0) is 33.6. The molecular weight excluding hydrogens is 637 g/mol. The van der Waals surface area contributed by atoms with Gasteiger partial charge in [0.2, 0.25) is 5.95 Å². The lowest BCUT2D eigenvalue weighted by atomic mass is 10.1. The summed E-state index contributed by atoms with van der Waals surface area (Å²) in [5.41, 5.74) is 6.46. The SMILES string of the molecule is C=CS(=O)(=O)Nc1cccc(-n2cnc3c(N(Cc4ccccc4)Cc4ccccc4)nc(Nc4ccc(N5CCOCC5)cc4)nc32)c1. The molecule has 12 heteroatoms. The van der Waals surface area contributed by atoms with Crippen molar-refractivity contribution in [1.29, 1.82) is 0 Å². The number of anilines is 5. The zero-order valence-electron chi connectivity index (χ0n) is 26.8. The number of imidazole rings is 1. The fourth-order valence-corrected chi connectivity index (χ4v) is 6.33. The average molecular weight is 673 g/mol. The summed E-state index contributed by atoms with van der Waals surface area (Å²) in [5.74, 6) is 1.06. The summed E-state index contributed by atoms with van der Waals surface area (Å²) in [4.78, 5) is 19.4. The van der Waals surface area contributed by atoms with Crippen molar-refractivity contribution >= 4 is 50.0 Å². The number of hydrogen-bond acceptors (Lipinski definition) is 9. The number of nitrogens with zero attached hydrogens (tertiary/aromatic N) is 6. The number of ether oxygens (including phenoxy) is 1. The van der Waals surface area contributed by atoms with Gasteiger partial charge in [0.1, 0.15) is 6.33 Å². The first-order valence-electron chi connectivity index (χ1n) is 16.0. The quantitative estimate of drug-likeness (QED) is 0.151. The Labute approximate surface area is 285 Å². The normalized spacial score (nSPS) is 13.3. The molecule has 248 valence electrons. The molecule has 0 radical (unpaired) electrons. The monoisotopic (exact) mass is 672 g/mol. The topological polar surface area (TPSA) is 118 Å². The van der Waals surface area contributed by atoms with Crippen LogP contribution in [0.15, 0.2) is 128 Å². The van der Waals surface area contributed by atoms with Crippen LogP contribution >= 0.6 is 0 Å². The molecule has 4 aromatic carbocycles. The fourth-order valence-electron chi connectivity index (χ4n) is 5.80. The van der Waals surface area contributed by atoms with Crippen LogP contribution in [0.2, 0.25) is 0 Å². The highest BCUT2D eigenvalue weighted by Crippen LogP contribution is 2.31. The third-order valence-electron chi connectivity index (χ3n) is 8.21. The molecule has 1 saturated heterocycles. The molecular formula is C37H36N8O3S. The van der Waals surface area contributed by atoms with Gasteiger partial charge in [0.15, 0.2) is 17.0 Å². The van der Waals surface area contributed by atoms with Crippen LogP contribution in [0.5, 0.6) is 0 Å². The molecule has 6 aromatic rings. The van der Waals surface area contributed by atoms with E-state index in [0.717, 1.165) is 54.2 Å². The van der Waals surface area contributed by atoms with Crippen LogP contribution in [-0.4, -0.2) is 54.2 Å². The second-order valence-electron chi connectivity index (χ2n) is 11.6. The van der Waals surface area contributed by atoms with E-state index < -0.39 is 10.0 Å². The number of sulfonamides is 1. The minimum absolute atomic E-state index is 0.391. The maximum Gasteiger partial charge on any atom is 0.254 e. The number of nitrogens with one attached hydrogen (secondary N) is 2. The molecule has 0 saturated carbocycles. The number of morpholine rings is 1. The van der Waals surface area contributed by atoms with Crippen LogP contribution < -0.4 is 19.8 Å². The molecule has 1 aliphatic rings. The first-order chi connectivity index (χ1) is 23.9. The molecule has 1 aliphatic heterocycles. The van der Waals surface area contributed by atoms with Crippen molar-refractivity contribution in [2.24, 2.45) is 0 Å². The fraction of sp³-hybridized carbons (Fsp3) is 0.162. The van der Waals surface area contributed by atoms with Crippen LogP contribution in [0.3, 0.4) is 0 Å². The van der Waals surface area contributed by atoms with Gasteiger partial charge in [0.25, 0.3) is 10.0 Å². The smallest absolute Gasteiger partial charge is 0.254 e. The van der Waals surface area contributed by atoms with Crippen LogP contribution in [0.25, 0.3) is 16.9 Å². The van der Waals surface area contributed by atoms with E-state index in [4.69, 9.17) is 19.7 Å². The maximum atomic E-state index is 12.2. The molecule has 2 aromatic heterocycles. The van der Waals surface area contributed by atoms with Crippen molar-refractivity contribution in [2.75, 3.05) is 46.1 Å². The average Bonchev–Trinajstić information content (AvgIpc) is 3.57. The van der Waals surface area contributed by atoms with E-state index in [1.54, 1.807) is 24.5 Å². The summed E-state index contributed by atoms with van der Waals surface area (Å²) < 4.78 is 34.4. The summed E-state index contributed by atoms with van der Waals surface area (Å²) in [6, 6.07) is 35.8. The molecule has 0 atom stereocenters. The molecule has 3 heterocycles. The van der Waals surface area contributed by atoms with Gasteiger partial charge in [-0.05, 0) is 53.6 Å². The third kappa shape index (κ3) is 7.56. The van der Waals surface area contributed by atoms with Crippen molar-refractivity contribution in [2.45, 2.75) is 13.1 Å².